The molecule has 0 bridgehead atoms. The van der Waals surface area contributed by atoms with E-state index in [1.165, 1.54) is 38.5 Å². The standard InChI is InChI=1S/C15H29NO/c1-12(2)9-13-5-3-6-14(10-13)16-11-15(17)7-4-8-15/h12-14,16-17H,3-11H2,1-2H3. The number of hydrogen-bond acceptors (Lipinski definition) is 2. The van der Waals surface area contributed by atoms with E-state index in [2.05, 4.69) is 19.2 Å². The highest BCUT2D eigenvalue weighted by molar-refractivity contribution is 4.91. The molecule has 2 nitrogen and oxygen atoms in total. The van der Waals surface area contributed by atoms with Crippen LogP contribution in [0.2, 0.25) is 0 Å². The molecular formula is C15H29NO. The Morgan fingerprint density at radius 3 is 2.59 bits per heavy atom. The lowest BCUT2D eigenvalue weighted by atomic mass is 9.78. The van der Waals surface area contributed by atoms with Crippen LogP contribution in [0.4, 0.5) is 0 Å². The van der Waals surface area contributed by atoms with Gasteiger partial charge in [-0.2, -0.15) is 0 Å². The summed E-state index contributed by atoms with van der Waals surface area (Å²) >= 11 is 0. The fraction of sp³-hybridized carbons (Fsp3) is 1.00. The van der Waals surface area contributed by atoms with Gasteiger partial charge in [0.2, 0.25) is 0 Å². The van der Waals surface area contributed by atoms with Gasteiger partial charge in [-0.1, -0.05) is 26.7 Å². The van der Waals surface area contributed by atoms with Crippen LogP contribution < -0.4 is 5.32 Å². The predicted molar refractivity (Wildman–Crippen MR) is 72.0 cm³/mol. The molecule has 0 aromatic heterocycles. The molecular weight excluding hydrogens is 210 g/mol. The van der Waals surface area contributed by atoms with Crippen molar-refractivity contribution in [1.82, 2.24) is 5.32 Å². The predicted octanol–water partition coefficient (Wildman–Crippen LogP) is 3.10. The Morgan fingerprint density at radius 2 is 2.00 bits per heavy atom. The van der Waals surface area contributed by atoms with Gasteiger partial charge in [0.15, 0.2) is 0 Å². The van der Waals surface area contributed by atoms with E-state index in [0.29, 0.717) is 6.04 Å². The first-order valence-electron chi connectivity index (χ1n) is 7.53. The van der Waals surface area contributed by atoms with Crippen molar-refractivity contribution < 1.29 is 5.11 Å². The third-order valence-corrected chi connectivity index (χ3v) is 4.59. The summed E-state index contributed by atoms with van der Waals surface area (Å²) in [4.78, 5) is 0. The molecule has 2 aliphatic rings. The Bertz CT molecular complexity index is 235. The van der Waals surface area contributed by atoms with Gasteiger partial charge in [0.1, 0.15) is 0 Å². The van der Waals surface area contributed by atoms with Gasteiger partial charge >= 0.3 is 0 Å². The van der Waals surface area contributed by atoms with E-state index in [4.69, 9.17) is 0 Å². The van der Waals surface area contributed by atoms with Crippen molar-refractivity contribution >= 4 is 0 Å². The van der Waals surface area contributed by atoms with Gasteiger partial charge < -0.3 is 10.4 Å². The molecule has 0 saturated heterocycles. The van der Waals surface area contributed by atoms with Crippen LogP contribution in [-0.2, 0) is 0 Å². The zero-order valence-electron chi connectivity index (χ0n) is 11.5. The Kier molecular flexibility index (Phi) is 4.48. The summed E-state index contributed by atoms with van der Waals surface area (Å²) in [6.07, 6.45) is 10.0. The van der Waals surface area contributed by atoms with Crippen molar-refractivity contribution in [3.05, 3.63) is 0 Å². The fourth-order valence-electron chi connectivity index (χ4n) is 3.45. The maximum atomic E-state index is 10.1. The average Bonchev–Trinajstić information content (AvgIpc) is 2.23. The largest absolute Gasteiger partial charge is 0.389 e. The minimum Gasteiger partial charge on any atom is -0.389 e. The third kappa shape index (κ3) is 3.96. The van der Waals surface area contributed by atoms with Gasteiger partial charge in [-0.25, -0.2) is 0 Å². The molecule has 0 aromatic rings. The highest BCUT2D eigenvalue weighted by Crippen LogP contribution is 2.33. The molecule has 2 rings (SSSR count). The molecule has 2 aliphatic carbocycles. The summed E-state index contributed by atoms with van der Waals surface area (Å²) in [5.41, 5.74) is -0.356. The van der Waals surface area contributed by atoms with E-state index < -0.39 is 0 Å². The van der Waals surface area contributed by atoms with Gasteiger partial charge in [0.05, 0.1) is 5.60 Å². The van der Waals surface area contributed by atoms with Gasteiger partial charge in [0.25, 0.3) is 0 Å². The number of aliphatic hydroxyl groups is 1. The van der Waals surface area contributed by atoms with E-state index in [9.17, 15) is 5.11 Å². The monoisotopic (exact) mass is 239 g/mol. The van der Waals surface area contributed by atoms with E-state index in [-0.39, 0.29) is 5.60 Å². The summed E-state index contributed by atoms with van der Waals surface area (Å²) in [5, 5.41) is 13.7. The lowest BCUT2D eigenvalue weighted by Crippen LogP contribution is -2.49. The highest BCUT2D eigenvalue weighted by atomic mass is 16.3. The minimum atomic E-state index is -0.356. The fourth-order valence-corrected chi connectivity index (χ4v) is 3.45. The maximum absolute atomic E-state index is 10.1. The Morgan fingerprint density at radius 1 is 1.24 bits per heavy atom. The van der Waals surface area contributed by atoms with E-state index in [0.717, 1.165) is 31.2 Å². The molecule has 100 valence electrons. The van der Waals surface area contributed by atoms with Crippen LogP contribution in [0.1, 0.15) is 65.2 Å². The molecule has 2 atom stereocenters. The topological polar surface area (TPSA) is 32.3 Å². The maximum Gasteiger partial charge on any atom is 0.0771 e. The summed E-state index contributed by atoms with van der Waals surface area (Å²) in [5.74, 6) is 1.74. The van der Waals surface area contributed by atoms with Crippen molar-refractivity contribution in [2.24, 2.45) is 11.8 Å². The first-order chi connectivity index (χ1) is 8.07. The van der Waals surface area contributed by atoms with E-state index >= 15 is 0 Å². The normalized spacial score (nSPS) is 32.5. The third-order valence-electron chi connectivity index (χ3n) is 4.59. The molecule has 2 N–H and O–H groups in total. The summed E-state index contributed by atoms with van der Waals surface area (Å²) < 4.78 is 0. The number of nitrogens with one attached hydrogen (secondary N) is 1. The number of rotatable bonds is 5. The van der Waals surface area contributed by atoms with Crippen molar-refractivity contribution in [1.29, 1.82) is 0 Å². The molecule has 0 aliphatic heterocycles. The summed E-state index contributed by atoms with van der Waals surface area (Å²) in [6.45, 7) is 5.48. The summed E-state index contributed by atoms with van der Waals surface area (Å²) in [6, 6.07) is 0.664. The Hall–Kier alpha value is -0.0800. The van der Waals surface area contributed by atoms with Crippen LogP contribution in [0.5, 0.6) is 0 Å². The summed E-state index contributed by atoms with van der Waals surface area (Å²) in [7, 11) is 0. The van der Waals surface area contributed by atoms with Crippen LogP contribution in [0, 0.1) is 11.8 Å². The van der Waals surface area contributed by atoms with Crippen LogP contribution in [0.25, 0.3) is 0 Å². The first-order valence-corrected chi connectivity index (χ1v) is 7.53. The van der Waals surface area contributed by atoms with Gasteiger partial charge in [-0.05, 0) is 50.4 Å². The second-order valence-corrected chi connectivity index (χ2v) is 6.82. The zero-order valence-corrected chi connectivity index (χ0v) is 11.5. The minimum absolute atomic E-state index is 0.356. The molecule has 0 amide bonds. The Balaban J connectivity index is 1.69. The highest BCUT2D eigenvalue weighted by Gasteiger charge is 2.35. The first kappa shape index (κ1) is 13.4. The van der Waals surface area contributed by atoms with Gasteiger partial charge in [0, 0.05) is 12.6 Å². The molecule has 2 heteroatoms. The van der Waals surface area contributed by atoms with Crippen molar-refractivity contribution in [3.8, 4) is 0 Å². The second-order valence-electron chi connectivity index (χ2n) is 6.82. The molecule has 0 spiro atoms. The van der Waals surface area contributed by atoms with E-state index in [1.54, 1.807) is 0 Å². The van der Waals surface area contributed by atoms with Gasteiger partial charge in [-0.3, -0.25) is 0 Å². The van der Waals surface area contributed by atoms with Crippen LogP contribution in [0.3, 0.4) is 0 Å². The number of hydrogen-bond donors (Lipinski definition) is 2. The van der Waals surface area contributed by atoms with Crippen molar-refractivity contribution in [3.63, 3.8) is 0 Å². The molecule has 2 saturated carbocycles. The lowest BCUT2D eigenvalue weighted by Gasteiger charge is -2.39. The molecule has 0 heterocycles. The van der Waals surface area contributed by atoms with Crippen molar-refractivity contribution in [2.45, 2.75) is 76.9 Å². The molecule has 2 fully saturated rings. The molecule has 0 radical (unpaired) electrons. The van der Waals surface area contributed by atoms with Crippen LogP contribution in [0.15, 0.2) is 0 Å². The second kappa shape index (κ2) is 5.71. The Labute approximate surface area is 106 Å². The molecule has 17 heavy (non-hydrogen) atoms. The van der Waals surface area contributed by atoms with Crippen LogP contribution >= 0.6 is 0 Å². The van der Waals surface area contributed by atoms with E-state index in [1.807, 2.05) is 0 Å². The smallest absolute Gasteiger partial charge is 0.0771 e. The molecule has 2 unspecified atom stereocenters. The lowest BCUT2D eigenvalue weighted by molar-refractivity contribution is -0.0345. The van der Waals surface area contributed by atoms with Crippen molar-refractivity contribution in [2.75, 3.05) is 6.54 Å². The zero-order chi connectivity index (χ0) is 12.3. The average molecular weight is 239 g/mol. The quantitative estimate of drug-likeness (QED) is 0.772. The molecule has 0 aromatic carbocycles. The SMILES string of the molecule is CC(C)CC1CCCC(NCC2(O)CCC2)C1. The van der Waals surface area contributed by atoms with Crippen LogP contribution in [-0.4, -0.2) is 23.3 Å². The van der Waals surface area contributed by atoms with Gasteiger partial charge in [-0.15, -0.1) is 0 Å².